The van der Waals surface area contributed by atoms with Crippen molar-refractivity contribution in [2.24, 2.45) is 0 Å². The number of anilines is 1. The van der Waals surface area contributed by atoms with Crippen LogP contribution in [0.4, 0.5) is 5.82 Å². The van der Waals surface area contributed by atoms with Crippen molar-refractivity contribution in [3.63, 3.8) is 0 Å². The normalized spacial score (nSPS) is 10.9. The van der Waals surface area contributed by atoms with Crippen molar-refractivity contribution in [1.29, 1.82) is 0 Å². The van der Waals surface area contributed by atoms with Gasteiger partial charge in [-0.15, -0.1) is 0 Å². The van der Waals surface area contributed by atoms with E-state index < -0.39 is 0 Å². The highest BCUT2D eigenvalue weighted by molar-refractivity contribution is 5.34. The van der Waals surface area contributed by atoms with Crippen LogP contribution >= 0.6 is 0 Å². The molecule has 0 saturated carbocycles. The molecule has 5 heteroatoms. The first-order chi connectivity index (χ1) is 8.67. The third kappa shape index (κ3) is 3.30. The van der Waals surface area contributed by atoms with Crippen LogP contribution in [0, 0.1) is 6.92 Å². The van der Waals surface area contributed by atoms with E-state index in [9.17, 15) is 0 Å². The molecule has 0 fully saturated rings. The van der Waals surface area contributed by atoms with Gasteiger partial charge in [-0.05, 0) is 26.1 Å². The Bertz CT molecular complexity index is 496. The van der Waals surface area contributed by atoms with Crippen LogP contribution in [0.15, 0.2) is 28.9 Å². The van der Waals surface area contributed by atoms with E-state index in [1.807, 2.05) is 39.2 Å². The number of nitrogens with zero attached hydrogens (tertiary/aromatic N) is 3. The fraction of sp³-hybridized carbons (Fsp3) is 0.385. The van der Waals surface area contributed by atoms with Gasteiger partial charge in [-0.25, -0.2) is 9.97 Å². The van der Waals surface area contributed by atoms with E-state index in [2.05, 4.69) is 20.2 Å². The minimum Gasteiger partial charge on any atom is -0.468 e. The molecular formula is C13H18N4O. The largest absolute Gasteiger partial charge is 0.468 e. The minimum atomic E-state index is 0.692. The topological polar surface area (TPSA) is 54.2 Å². The third-order valence-electron chi connectivity index (χ3n) is 2.57. The molecule has 0 aliphatic carbocycles. The number of nitrogens with one attached hydrogen (secondary N) is 1. The number of aryl methyl sites for hydroxylation is 1. The van der Waals surface area contributed by atoms with Crippen LogP contribution < -0.4 is 5.32 Å². The van der Waals surface area contributed by atoms with Gasteiger partial charge in [0.05, 0.1) is 19.4 Å². The highest BCUT2D eigenvalue weighted by atomic mass is 16.3. The Morgan fingerprint density at radius 3 is 2.83 bits per heavy atom. The molecule has 0 aliphatic rings. The number of hydrogen-bond acceptors (Lipinski definition) is 5. The van der Waals surface area contributed by atoms with E-state index in [1.54, 1.807) is 6.26 Å². The molecule has 2 aromatic heterocycles. The van der Waals surface area contributed by atoms with Gasteiger partial charge in [0.25, 0.3) is 0 Å². The maximum Gasteiger partial charge on any atom is 0.144 e. The first kappa shape index (κ1) is 12.6. The van der Waals surface area contributed by atoms with Gasteiger partial charge in [0.2, 0.25) is 0 Å². The van der Waals surface area contributed by atoms with Gasteiger partial charge >= 0.3 is 0 Å². The first-order valence-corrected chi connectivity index (χ1v) is 5.90. The number of hydrogen-bond donors (Lipinski definition) is 1. The van der Waals surface area contributed by atoms with E-state index in [4.69, 9.17) is 4.42 Å². The molecule has 0 saturated heterocycles. The van der Waals surface area contributed by atoms with Gasteiger partial charge in [-0.3, -0.25) is 4.90 Å². The van der Waals surface area contributed by atoms with Crippen molar-refractivity contribution < 1.29 is 4.42 Å². The van der Waals surface area contributed by atoms with Gasteiger partial charge in [0.15, 0.2) is 0 Å². The van der Waals surface area contributed by atoms with E-state index in [0.717, 1.165) is 29.6 Å². The van der Waals surface area contributed by atoms with E-state index in [-0.39, 0.29) is 0 Å². The smallest absolute Gasteiger partial charge is 0.144 e. The Labute approximate surface area is 107 Å². The highest BCUT2D eigenvalue weighted by Crippen LogP contribution is 2.09. The van der Waals surface area contributed by atoms with E-state index in [1.165, 1.54) is 0 Å². The summed E-state index contributed by atoms with van der Waals surface area (Å²) in [5, 5.41) is 3.04. The predicted octanol–water partition coefficient (Wildman–Crippen LogP) is 2.05. The first-order valence-electron chi connectivity index (χ1n) is 5.90. The molecule has 0 amide bonds. The summed E-state index contributed by atoms with van der Waals surface area (Å²) in [4.78, 5) is 11.0. The molecule has 0 atom stereocenters. The van der Waals surface area contributed by atoms with Crippen LogP contribution in [-0.2, 0) is 13.1 Å². The molecule has 0 aliphatic heterocycles. The Morgan fingerprint density at radius 2 is 2.17 bits per heavy atom. The lowest BCUT2D eigenvalue weighted by atomic mass is 10.3. The molecule has 1 N–H and O–H groups in total. The fourth-order valence-corrected chi connectivity index (χ4v) is 1.79. The van der Waals surface area contributed by atoms with Crippen LogP contribution in [-0.4, -0.2) is 29.0 Å². The van der Waals surface area contributed by atoms with Crippen LogP contribution in [0.5, 0.6) is 0 Å². The maximum absolute atomic E-state index is 5.32. The lowest BCUT2D eigenvalue weighted by molar-refractivity contribution is 0.281. The average Bonchev–Trinajstić information content (AvgIpc) is 2.80. The Kier molecular flexibility index (Phi) is 3.94. The molecular weight excluding hydrogens is 228 g/mol. The zero-order valence-corrected chi connectivity index (χ0v) is 11.0. The SMILES string of the molecule is CNc1cc(C)nc(CN(C)Cc2ccco2)n1. The van der Waals surface area contributed by atoms with Crippen molar-refractivity contribution in [2.75, 3.05) is 19.4 Å². The summed E-state index contributed by atoms with van der Waals surface area (Å²) < 4.78 is 5.32. The molecule has 0 aromatic carbocycles. The predicted molar refractivity (Wildman–Crippen MR) is 70.2 cm³/mol. The van der Waals surface area contributed by atoms with Gasteiger partial charge < -0.3 is 9.73 Å². The summed E-state index contributed by atoms with van der Waals surface area (Å²) in [7, 11) is 3.88. The molecule has 5 nitrogen and oxygen atoms in total. The zero-order chi connectivity index (χ0) is 13.0. The summed E-state index contributed by atoms with van der Waals surface area (Å²) in [6.07, 6.45) is 1.69. The van der Waals surface area contributed by atoms with Crippen LogP contribution in [0.1, 0.15) is 17.3 Å². The van der Waals surface area contributed by atoms with Crippen molar-refractivity contribution in [3.8, 4) is 0 Å². The molecule has 2 heterocycles. The molecule has 96 valence electrons. The van der Waals surface area contributed by atoms with Crippen molar-refractivity contribution in [2.45, 2.75) is 20.0 Å². The molecule has 0 bridgehead atoms. The number of aromatic nitrogens is 2. The van der Waals surface area contributed by atoms with Crippen LogP contribution in [0.3, 0.4) is 0 Å². The van der Waals surface area contributed by atoms with Gasteiger partial charge in [0, 0.05) is 18.8 Å². The van der Waals surface area contributed by atoms with E-state index >= 15 is 0 Å². The Balaban J connectivity index is 2.02. The summed E-state index contributed by atoms with van der Waals surface area (Å²) in [5.41, 5.74) is 0.968. The average molecular weight is 246 g/mol. The molecule has 0 spiro atoms. The van der Waals surface area contributed by atoms with Crippen LogP contribution in [0.25, 0.3) is 0 Å². The second-order valence-corrected chi connectivity index (χ2v) is 4.31. The Hall–Kier alpha value is -1.88. The second kappa shape index (κ2) is 5.64. The van der Waals surface area contributed by atoms with Crippen LogP contribution in [0.2, 0.25) is 0 Å². The van der Waals surface area contributed by atoms with Crippen molar-refractivity contribution >= 4 is 5.82 Å². The van der Waals surface area contributed by atoms with Gasteiger partial charge in [0.1, 0.15) is 17.4 Å². The number of rotatable bonds is 5. The maximum atomic E-state index is 5.32. The highest BCUT2D eigenvalue weighted by Gasteiger charge is 2.07. The zero-order valence-electron chi connectivity index (χ0n) is 11.0. The van der Waals surface area contributed by atoms with Gasteiger partial charge in [-0.2, -0.15) is 0 Å². The summed E-state index contributed by atoms with van der Waals surface area (Å²) in [6.45, 7) is 3.41. The van der Waals surface area contributed by atoms with Crippen molar-refractivity contribution in [3.05, 3.63) is 41.7 Å². The quantitative estimate of drug-likeness (QED) is 0.875. The lowest BCUT2D eigenvalue weighted by Gasteiger charge is -2.14. The van der Waals surface area contributed by atoms with Crippen molar-refractivity contribution in [1.82, 2.24) is 14.9 Å². The molecule has 2 rings (SSSR count). The standard InChI is InChI=1S/C13H18N4O/c1-10-7-12(14-2)16-13(15-10)9-17(3)8-11-5-4-6-18-11/h4-7H,8-9H2,1-3H3,(H,14,15,16). The molecule has 18 heavy (non-hydrogen) atoms. The molecule has 2 aromatic rings. The van der Waals surface area contributed by atoms with Gasteiger partial charge in [-0.1, -0.05) is 0 Å². The summed E-state index contributed by atoms with van der Waals surface area (Å²) in [5.74, 6) is 2.61. The summed E-state index contributed by atoms with van der Waals surface area (Å²) in [6, 6.07) is 5.79. The monoisotopic (exact) mass is 246 g/mol. The summed E-state index contributed by atoms with van der Waals surface area (Å²) >= 11 is 0. The number of furan rings is 1. The Morgan fingerprint density at radius 1 is 1.33 bits per heavy atom. The lowest BCUT2D eigenvalue weighted by Crippen LogP contribution is -2.19. The third-order valence-corrected chi connectivity index (χ3v) is 2.57. The minimum absolute atomic E-state index is 0.692. The molecule has 0 unspecified atom stereocenters. The fourth-order valence-electron chi connectivity index (χ4n) is 1.79. The van der Waals surface area contributed by atoms with E-state index in [0.29, 0.717) is 6.54 Å². The second-order valence-electron chi connectivity index (χ2n) is 4.31. The molecule has 0 radical (unpaired) electrons.